The molecule has 2 nitrogen and oxygen atoms in total. The molecule has 0 N–H and O–H groups in total. The van der Waals surface area contributed by atoms with Crippen molar-refractivity contribution in [3.8, 4) is 0 Å². The zero-order valence-corrected chi connectivity index (χ0v) is 12.4. The maximum Gasteiger partial charge on any atom is 0.320 e. The summed E-state index contributed by atoms with van der Waals surface area (Å²) in [6, 6.07) is 4.52. The van der Waals surface area contributed by atoms with Gasteiger partial charge < -0.3 is 4.74 Å². The molecule has 0 saturated heterocycles. The Kier molecular flexibility index (Phi) is 5.68. The Labute approximate surface area is 116 Å². The van der Waals surface area contributed by atoms with Crippen LogP contribution in [0, 0.1) is 9.39 Å². The van der Waals surface area contributed by atoms with Gasteiger partial charge in [-0.05, 0) is 53.6 Å². The predicted molar refractivity (Wildman–Crippen MR) is 72.2 cm³/mol. The largest absolute Gasteiger partial charge is 0.465 e. The zero-order chi connectivity index (χ0) is 12.1. The molecule has 0 aliphatic heterocycles. The summed E-state index contributed by atoms with van der Waals surface area (Å²) in [6.07, 6.45) is 0.497. The minimum absolute atomic E-state index is 0.268. The molecule has 1 aromatic rings. The molecule has 0 spiro atoms. The van der Waals surface area contributed by atoms with E-state index in [1.807, 2.05) is 0 Å². The summed E-state index contributed by atoms with van der Waals surface area (Å²) in [4.78, 5) is 11.0. The molecule has 0 aliphatic carbocycles. The van der Waals surface area contributed by atoms with Crippen molar-refractivity contribution in [1.29, 1.82) is 0 Å². The van der Waals surface area contributed by atoms with Crippen LogP contribution in [0.15, 0.2) is 18.2 Å². The first-order valence-electron chi connectivity index (χ1n) is 4.79. The first-order valence-corrected chi connectivity index (χ1v) is 6.78. The van der Waals surface area contributed by atoms with Gasteiger partial charge in [0.1, 0.15) is 10.6 Å². The fraction of sp³-hybridized carbons (Fsp3) is 0.364. The molecule has 0 radical (unpaired) electrons. The lowest BCUT2D eigenvalue weighted by atomic mass is 10.1. The van der Waals surface area contributed by atoms with Crippen LogP contribution in [0.4, 0.5) is 4.39 Å². The number of rotatable bonds is 4. The summed E-state index contributed by atoms with van der Waals surface area (Å²) in [5.41, 5.74) is 0.928. The molecule has 0 bridgehead atoms. The van der Waals surface area contributed by atoms with E-state index in [-0.39, 0.29) is 16.6 Å². The maximum atomic E-state index is 12.9. The molecule has 1 unspecified atom stereocenters. The van der Waals surface area contributed by atoms with Crippen LogP contribution in [0.3, 0.4) is 0 Å². The van der Waals surface area contributed by atoms with E-state index in [4.69, 9.17) is 4.74 Å². The molecule has 0 amide bonds. The van der Waals surface area contributed by atoms with Crippen LogP contribution in [0.25, 0.3) is 0 Å². The molecular weight excluding hydrogens is 390 g/mol. The van der Waals surface area contributed by atoms with Crippen molar-refractivity contribution >= 4 is 44.5 Å². The second-order valence-electron chi connectivity index (χ2n) is 3.16. The fourth-order valence-electron chi connectivity index (χ4n) is 1.20. The molecule has 88 valence electrons. The lowest BCUT2D eigenvalue weighted by molar-refractivity contribution is -0.142. The quantitative estimate of drug-likeness (QED) is 0.440. The van der Waals surface area contributed by atoms with Crippen LogP contribution < -0.4 is 0 Å². The number of carbonyl (C=O) groups excluding carboxylic acids is 1. The Morgan fingerprint density at radius 3 is 2.88 bits per heavy atom. The van der Waals surface area contributed by atoms with Gasteiger partial charge in [0.15, 0.2) is 0 Å². The second kappa shape index (κ2) is 6.54. The molecule has 0 saturated carbocycles. The van der Waals surface area contributed by atoms with E-state index in [0.29, 0.717) is 13.0 Å². The average Bonchev–Trinajstić information content (AvgIpc) is 2.22. The zero-order valence-electron chi connectivity index (χ0n) is 8.67. The van der Waals surface area contributed by atoms with E-state index in [1.54, 1.807) is 13.0 Å². The summed E-state index contributed by atoms with van der Waals surface area (Å²) in [5.74, 6) is -0.557. The first kappa shape index (κ1) is 13.9. The maximum absolute atomic E-state index is 12.9. The van der Waals surface area contributed by atoms with Crippen molar-refractivity contribution in [2.75, 3.05) is 6.61 Å². The van der Waals surface area contributed by atoms with E-state index in [1.165, 1.54) is 12.1 Å². The summed E-state index contributed by atoms with van der Waals surface area (Å²) in [6.45, 7) is 2.13. The number of alkyl halides is 1. The highest BCUT2D eigenvalue weighted by Crippen LogP contribution is 2.18. The van der Waals surface area contributed by atoms with Gasteiger partial charge in [-0.15, -0.1) is 0 Å². The van der Waals surface area contributed by atoms with E-state index in [0.717, 1.165) is 9.13 Å². The van der Waals surface area contributed by atoms with Gasteiger partial charge in [0.05, 0.1) is 6.61 Å². The lowest BCUT2D eigenvalue weighted by Crippen LogP contribution is -2.20. The normalized spacial score (nSPS) is 12.2. The van der Waals surface area contributed by atoms with Crippen molar-refractivity contribution in [3.63, 3.8) is 0 Å². The smallest absolute Gasteiger partial charge is 0.320 e. The summed E-state index contributed by atoms with van der Waals surface area (Å²) < 4.78 is 18.5. The van der Waals surface area contributed by atoms with Crippen LogP contribution in [-0.4, -0.2) is 17.4 Å². The third-order valence-corrected chi connectivity index (χ3v) is 3.66. The number of halogens is 3. The molecule has 5 heteroatoms. The van der Waals surface area contributed by atoms with E-state index in [9.17, 15) is 9.18 Å². The Bertz CT molecular complexity index is 384. The van der Waals surface area contributed by atoms with Crippen molar-refractivity contribution in [3.05, 3.63) is 33.1 Å². The minimum Gasteiger partial charge on any atom is -0.465 e. The number of hydrogen-bond acceptors (Lipinski definition) is 2. The van der Waals surface area contributed by atoms with Gasteiger partial charge in [0.25, 0.3) is 0 Å². The standard InChI is InChI=1S/C11H11BrFIO2/c1-2-16-11(15)9(12)5-7-3-4-8(13)6-10(7)14/h3-4,6,9H,2,5H2,1H3. The third-order valence-electron chi connectivity index (χ3n) is 1.96. The molecule has 1 rings (SSSR count). The van der Waals surface area contributed by atoms with Gasteiger partial charge in [-0.3, -0.25) is 4.79 Å². The highest BCUT2D eigenvalue weighted by atomic mass is 127. The Hall–Kier alpha value is -0.170. The van der Waals surface area contributed by atoms with Crippen molar-refractivity contribution in [2.45, 2.75) is 18.2 Å². The SMILES string of the molecule is CCOC(=O)C(Br)Cc1ccc(F)cc1I. The number of ether oxygens (including phenoxy) is 1. The van der Waals surface area contributed by atoms with Gasteiger partial charge in [-0.1, -0.05) is 22.0 Å². The summed E-state index contributed by atoms with van der Waals surface area (Å²) >= 11 is 5.31. The van der Waals surface area contributed by atoms with Gasteiger partial charge in [-0.2, -0.15) is 0 Å². The molecule has 0 fully saturated rings. The second-order valence-corrected chi connectivity index (χ2v) is 5.43. The minimum atomic E-state index is -0.383. The van der Waals surface area contributed by atoms with Crippen LogP contribution in [0.2, 0.25) is 0 Å². The van der Waals surface area contributed by atoms with Crippen molar-refractivity contribution in [2.24, 2.45) is 0 Å². The molecule has 0 aromatic heterocycles. The van der Waals surface area contributed by atoms with Crippen LogP contribution >= 0.6 is 38.5 Å². The van der Waals surface area contributed by atoms with Crippen molar-refractivity contribution < 1.29 is 13.9 Å². The molecular formula is C11H11BrFIO2. The summed E-state index contributed by atoms with van der Waals surface area (Å²) in [7, 11) is 0. The molecule has 1 atom stereocenters. The Morgan fingerprint density at radius 2 is 2.31 bits per heavy atom. The van der Waals surface area contributed by atoms with Crippen molar-refractivity contribution in [1.82, 2.24) is 0 Å². The van der Waals surface area contributed by atoms with Gasteiger partial charge in [0, 0.05) is 3.57 Å². The number of esters is 1. The Morgan fingerprint density at radius 1 is 1.62 bits per heavy atom. The highest BCUT2D eigenvalue weighted by molar-refractivity contribution is 14.1. The highest BCUT2D eigenvalue weighted by Gasteiger charge is 2.17. The van der Waals surface area contributed by atoms with E-state index in [2.05, 4.69) is 38.5 Å². The molecule has 0 aliphatic rings. The van der Waals surface area contributed by atoms with Crippen LogP contribution in [-0.2, 0) is 16.0 Å². The van der Waals surface area contributed by atoms with E-state index < -0.39 is 0 Å². The van der Waals surface area contributed by atoms with Crippen LogP contribution in [0.5, 0.6) is 0 Å². The fourth-order valence-corrected chi connectivity index (χ4v) is 2.37. The lowest BCUT2D eigenvalue weighted by Gasteiger charge is -2.10. The molecule has 0 heterocycles. The van der Waals surface area contributed by atoms with Gasteiger partial charge >= 0.3 is 5.97 Å². The van der Waals surface area contributed by atoms with Crippen LogP contribution in [0.1, 0.15) is 12.5 Å². The third kappa shape index (κ3) is 4.01. The first-order chi connectivity index (χ1) is 7.54. The monoisotopic (exact) mass is 400 g/mol. The topological polar surface area (TPSA) is 26.3 Å². The Balaban J connectivity index is 2.69. The molecule has 1 aromatic carbocycles. The summed E-state index contributed by atoms with van der Waals surface area (Å²) in [5, 5.41) is 0. The van der Waals surface area contributed by atoms with Gasteiger partial charge in [-0.25, -0.2) is 4.39 Å². The number of carbonyl (C=O) groups is 1. The number of hydrogen-bond donors (Lipinski definition) is 0. The number of benzene rings is 1. The molecule has 16 heavy (non-hydrogen) atoms. The predicted octanol–water partition coefficient (Wildman–Crippen LogP) is 3.30. The average molecular weight is 401 g/mol. The van der Waals surface area contributed by atoms with Gasteiger partial charge in [0.2, 0.25) is 0 Å². The van der Waals surface area contributed by atoms with E-state index >= 15 is 0 Å².